The van der Waals surface area contributed by atoms with Crippen LogP contribution in [0.2, 0.25) is 0 Å². The monoisotopic (exact) mass is 361 g/mol. The molecule has 1 N–H and O–H groups in total. The maximum atomic E-state index is 12.6. The van der Waals surface area contributed by atoms with Crippen molar-refractivity contribution in [3.05, 3.63) is 90.0 Å². The molecule has 1 atom stereocenters. The van der Waals surface area contributed by atoms with E-state index < -0.39 is 0 Å². The van der Waals surface area contributed by atoms with Gasteiger partial charge in [0, 0.05) is 30.5 Å². The summed E-state index contributed by atoms with van der Waals surface area (Å²) in [6, 6.07) is 18.3. The van der Waals surface area contributed by atoms with Gasteiger partial charge >= 0.3 is 0 Å². The SMILES string of the molecule is CC(CC(C)(C)c1ccccc1)NC(=O)c1ccc(Cn2ccnc2)cc1. The quantitative estimate of drug-likeness (QED) is 0.677. The molecule has 1 unspecified atom stereocenters. The molecule has 0 aliphatic rings. The molecule has 140 valence electrons. The third-order valence-corrected chi connectivity index (χ3v) is 4.89. The molecule has 3 aromatic rings. The Morgan fingerprint density at radius 1 is 1.11 bits per heavy atom. The summed E-state index contributed by atoms with van der Waals surface area (Å²) >= 11 is 0. The molecule has 0 bridgehead atoms. The second-order valence-corrected chi connectivity index (χ2v) is 7.76. The third-order valence-electron chi connectivity index (χ3n) is 4.89. The average molecular weight is 361 g/mol. The number of aromatic nitrogens is 2. The molecule has 2 aromatic carbocycles. The summed E-state index contributed by atoms with van der Waals surface area (Å²) in [6.45, 7) is 7.26. The number of carbonyl (C=O) groups is 1. The number of carbonyl (C=O) groups excluding carboxylic acids is 1. The summed E-state index contributed by atoms with van der Waals surface area (Å²) in [4.78, 5) is 16.6. The number of benzene rings is 2. The van der Waals surface area contributed by atoms with E-state index in [4.69, 9.17) is 0 Å². The van der Waals surface area contributed by atoms with E-state index in [9.17, 15) is 4.79 Å². The largest absolute Gasteiger partial charge is 0.350 e. The van der Waals surface area contributed by atoms with Gasteiger partial charge < -0.3 is 9.88 Å². The highest BCUT2D eigenvalue weighted by Gasteiger charge is 2.24. The van der Waals surface area contributed by atoms with Crippen LogP contribution in [-0.4, -0.2) is 21.5 Å². The molecule has 0 aliphatic carbocycles. The highest BCUT2D eigenvalue weighted by Crippen LogP contribution is 2.28. The summed E-state index contributed by atoms with van der Waals surface area (Å²) in [5, 5.41) is 3.13. The lowest BCUT2D eigenvalue weighted by Crippen LogP contribution is -2.37. The van der Waals surface area contributed by atoms with E-state index in [-0.39, 0.29) is 17.4 Å². The first-order valence-corrected chi connectivity index (χ1v) is 9.35. The molecule has 3 rings (SSSR count). The van der Waals surface area contributed by atoms with Gasteiger partial charge in [0.25, 0.3) is 5.91 Å². The lowest BCUT2D eigenvalue weighted by atomic mass is 9.79. The van der Waals surface area contributed by atoms with E-state index in [2.05, 4.69) is 55.3 Å². The second kappa shape index (κ2) is 8.21. The minimum atomic E-state index is -0.0273. The van der Waals surface area contributed by atoms with Gasteiger partial charge in [0.1, 0.15) is 0 Å². The van der Waals surface area contributed by atoms with Crippen LogP contribution in [0.1, 0.15) is 48.7 Å². The van der Waals surface area contributed by atoms with Crippen molar-refractivity contribution in [2.45, 2.75) is 45.2 Å². The van der Waals surface area contributed by atoms with Crippen LogP contribution < -0.4 is 5.32 Å². The van der Waals surface area contributed by atoms with Crippen molar-refractivity contribution in [3.63, 3.8) is 0 Å². The van der Waals surface area contributed by atoms with E-state index in [1.165, 1.54) is 5.56 Å². The van der Waals surface area contributed by atoms with Gasteiger partial charge in [-0.1, -0.05) is 56.3 Å². The summed E-state index contributed by atoms with van der Waals surface area (Å²) in [5.74, 6) is -0.0273. The van der Waals surface area contributed by atoms with Crippen LogP contribution >= 0.6 is 0 Å². The van der Waals surface area contributed by atoms with E-state index in [0.29, 0.717) is 5.56 Å². The summed E-state index contributed by atoms with van der Waals surface area (Å²) in [6.07, 6.45) is 6.36. The van der Waals surface area contributed by atoms with Crippen molar-refractivity contribution in [1.82, 2.24) is 14.9 Å². The lowest BCUT2D eigenvalue weighted by Gasteiger charge is -2.29. The van der Waals surface area contributed by atoms with Crippen molar-refractivity contribution >= 4 is 5.91 Å². The molecule has 0 saturated heterocycles. The molecule has 27 heavy (non-hydrogen) atoms. The van der Waals surface area contributed by atoms with Crippen LogP contribution in [-0.2, 0) is 12.0 Å². The lowest BCUT2D eigenvalue weighted by molar-refractivity contribution is 0.0934. The number of imidazole rings is 1. The Morgan fingerprint density at radius 3 is 2.44 bits per heavy atom. The molecule has 0 fully saturated rings. The van der Waals surface area contributed by atoms with E-state index in [0.717, 1.165) is 18.5 Å². The first kappa shape index (κ1) is 18.9. The number of nitrogens with zero attached hydrogens (tertiary/aromatic N) is 2. The van der Waals surface area contributed by atoms with Gasteiger partial charge in [0.2, 0.25) is 0 Å². The molecular formula is C23H27N3O. The van der Waals surface area contributed by atoms with Crippen LogP contribution in [0.15, 0.2) is 73.3 Å². The fourth-order valence-electron chi connectivity index (χ4n) is 3.48. The number of amides is 1. The number of hydrogen-bond donors (Lipinski definition) is 1. The number of rotatable bonds is 7. The van der Waals surface area contributed by atoms with Gasteiger partial charge in [-0.15, -0.1) is 0 Å². The zero-order chi connectivity index (χ0) is 19.3. The van der Waals surface area contributed by atoms with Gasteiger partial charge in [-0.25, -0.2) is 4.98 Å². The van der Waals surface area contributed by atoms with Crippen molar-refractivity contribution in [2.24, 2.45) is 0 Å². The smallest absolute Gasteiger partial charge is 0.251 e. The predicted octanol–water partition coefficient (Wildman–Crippen LogP) is 4.42. The molecule has 0 saturated carbocycles. The first-order valence-electron chi connectivity index (χ1n) is 9.35. The third kappa shape index (κ3) is 5.07. The van der Waals surface area contributed by atoms with Crippen molar-refractivity contribution in [1.29, 1.82) is 0 Å². The maximum absolute atomic E-state index is 12.6. The topological polar surface area (TPSA) is 46.9 Å². The Kier molecular flexibility index (Phi) is 5.75. The van der Waals surface area contributed by atoms with Crippen LogP contribution in [0.25, 0.3) is 0 Å². The molecule has 1 heterocycles. The first-order chi connectivity index (χ1) is 12.9. The molecule has 0 aliphatic heterocycles. The standard InChI is InChI=1S/C23H27N3O/c1-18(15-23(2,3)21-7-5-4-6-8-21)25-22(27)20-11-9-19(10-12-20)16-26-14-13-24-17-26/h4-14,17-18H,15-16H2,1-3H3,(H,25,27). The second-order valence-electron chi connectivity index (χ2n) is 7.76. The summed E-state index contributed by atoms with van der Waals surface area (Å²) < 4.78 is 2.00. The zero-order valence-electron chi connectivity index (χ0n) is 16.2. The highest BCUT2D eigenvalue weighted by atomic mass is 16.1. The minimum Gasteiger partial charge on any atom is -0.350 e. The van der Waals surface area contributed by atoms with Crippen LogP contribution in [0.4, 0.5) is 0 Å². The molecule has 0 spiro atoms. The predicted molar refractivity (Wildman–Crippen MR) is 109 cm³/mol. The zero-order valence-corrected chi connectivity index (χ0v) is 16.2. The van der Waals surface area contributed by atoms with Crippen molar-refractivity contribution < 1.29 is 4.79 Å². The normalized spacial score (nSPS) is 12.6. The van der Waals surface area contributed by atoms with Gasteiger partial charge in [-0.05, 0) is 42.0 Å². The van der Waals surface area contributed by atoms with Gasteiger partial charge in [0.05, 0.1) is 6.33 Å². The van der Waals surface area contributed by atoms with Crippen molar-refractivity contribution in [2.75, 3.05) is 0 Å². The molecule has 1 aromatic heterocycles. The van der Waals surface area contributed by atoms with Crippen molar-refractivity contribution in [3.8, 4) is 0 Å². The maximum Gasteiger partial charge on any atom is 0.251 e. The summed E-state index contributed by atoms with van der Waals surface area (Å²) in [5.41, 5.74) is 3.12. The summed E-state index contributed by atoms with van der Waals surface area (Å²) in [7, 11) is 0. The van der Waals surface area contributed by atoms with E-state index in [1.807, 2.05) is 41.1 Å². The molecule has 0 radical (unpaired) electrons. The van der Waals surface area contributed by atoms with Gasteiger partial charge in [0.15, 0.2) is 0 Å². The number of nitrogens with one attached hydrogen (secondary N) is 1. The molecule has 4 heteroatoms. The molecule has 1 amide bonds. The Hall–Kier alpha value is -2.88. The minimum absolute atomic E-state index is 0.00259. The van der Waals surface area contributed by atoms with Crippen LogP contribution in [0.3, 0.4) is 0 Å². The van der Waals surface area contributed by atoms with E-state index in [1.54, 1.807) is 12.5 Å². The molecule has 4 nitrogen and oxygen atoms in total. The fourth-order valence-corrected chi connectivity index (χ4v) is 3.48. The Balaban J connectivity index is 1.58. The molecular weight excluding hydrogens is 334 g/mol. The number of hydrogen-bond acceptors (Lipinski definition) is 2. The Labute approximate surface area is 161 Å². The Bertz CT molecular complexity index is 852. The fraction of sp³-hybridized carbons (Fsp3) is 0.304. The van der Waals surface area contributed by atoms with E-state index >= 15 is 0 Å². The van der Waals surface area contributed by atoms with Crippen LogP contribution in [0.5, 0.6) is 0 Å². The average Bonchev–Trinajstić information content (AvgIpc) is 3.15. The van der Waals surface area contributed by atoms with Gasteiger partial charge in [-0.3, -0.25) is 4.79 Å². The van der Waals surface area contributed by atoms with Gasteiger partial charge in [-0.2, -0.15) is 0 Å². The highest BCUT2D eigenvalue weighted by molar-refractivity contribution is 5.94. The van der Waals surface area contributed by atoms with Crippen LogP contribution in [0, 0.1) is 0 Å². The Morgan fingerprint density at radius 2 is 1.81 bits per heavy atom.